The molecule has 0 aliphatic carbocycles. The van der Waals surface area contributed by atoms with Crippen LogP contribution in [-0.4, -0.2) is 29.3 Å². The van der Waals surface area contributed by atoms with Gasteiger partial charge in [0, 0.05) is 35.9 Å². The van der Waals surface area contributed by atoms with Gasteiger partial charge in [-0.1, -0.05) is 17.7 Å². The molecule has 4 nitrogen and oxygen atoms in total. The fraction of sp³-hybridized carbons (Fsp3) is 0.316. The Balaban J connectivity index is 1.47. The molecule has 1 fully saturated rings. The van der Waals surface area contributed by atoms with Crippen molar-refractivity contribution in [2.45, 2.75) is 25.8 Å². The third-order valence-electron chi connectivity index (χ3n) is 4.63. The number of piperidine rings is 1. The van der Waals surface area contributed by atoms with Crippen molar-refractivity contribution in [1.82, 2.24) is 10.2 Å². The number of anilines is 2. The molecule has 1 aliphatic rings. The second-order valence-corrected chi connectivity index (χ2v) is 6.44. The van der Waals surface area contributed by atoms with E-state index in [9.17, 15) is 0 Å². The molecule has 118 valence electrons. The van der Waals surface area contributed by atoms with E-state index in [1.807, 2.05) is 6.20 Å². The van der Waals surface area contributed by atoms with Crippen LogP contribution < -0.4 is 10.2 Å². The molecule has 1 saturated heterocycles. The lowest BCUT2D eigenvalue weighted by Gasteiger charge is -2.35. The van der Waals surface area contributed by atoms with E-state index in [-0.39, 0.29) is 0 Å². The van der Waals surface area contributed by atoms with E-state index in [0.717, 1.165) is 24.0 Å². The zero-order valence-electron chi connectivity index (χ0n) is 13.4. The molecule has 2 aromatic carbocycles. The SMILES string of the molecule is Cc1ccc(N2CCCC(Nc3ccc4[nH]ncc4c3)C2)cc1. The number of nitrogens with zero attached hydrogens (tertiary/aromatic N) is 2. The number of fused-ring (bicyclic) bond motifs is 1. The smallest absolute Gasteiger partial charge is 0.0651 e. The second-order valence-electron chi connectivity index (χ2n) is 6.44. The molecule has 0 bridgehead atoms. The van der Waals surface area contributed by atoms with Crippen molar-refractivity contribution >= 4 is 22.3 Å². The number of aromatic amines is 1. The standard InChI is InChI=1S/C19H22N4/c1-14-4-7-18(8-5-14)23-10-2-3-17(13-23)21-16-6-9-19-15(11-16)12-20-22-19/h4-9,11-12,17,21H,2-3,10,13H2,1H3,(H,20,22). The van der Waals surface area contributed by atoms with Crippen LogP contribution in [0.25, 0.3) is 10.9 Å². The zero-order chi connectivity index (χ0) is 15.6. The summed E-state index contributed by atoms with van der Waals surface area (Å²) in [6.07, 6.45) is 4.31. The Bertz CT molecular complexity index is 790. The van der Waals surface area contributed by atoms with E-state index in [0.29, 0.717) is 6.04 Å². The lowest BCUT2D eigenvalue weighted by Crippen LogP contribution is -2.42. The van der Waals surface area contributed by atoms with Gasteiger partial charge in [0.05, 0.1) is 11.7 Å². The summed E-state index contributed by atoms with van der Waals surface area (Å²) in [5, 5.41) is 11.9. The van der Waals surface area contributed by atoms with Gasteiger partial charge in [0.25, 0.3) is 0 Å². The number of aryl methyl sites for hydroxylation is 1. The van der Waals surface area contributed by atoms with Gasteiger partial charge in [0.1, 0.15) is 0 Å². The summed E-state index contributed by atoms with van der Waals surface area (Å²) >= 11 is 0. The molecule has 0 spiro atoms. The molecular weight excluding hydrogens is 284 g/mol. The minimum atomic E-state index is 0.481. The van der Waals surface area contributed by atoms with Crippen LogP contribution in [0, 0.1) is 6.92 Å². The number of hydrogen-bond acceptors (Lipinski definition) is 3. The molecular formula is C19H22N4. The van der Waals surface area contributed by atoms with Crippen molar-refractivity contribution in [2.24, 2.45) is 0 Å². The summed E-state index contributed by atoms with van der Waals surface area (Å²) in [5.41, 5.74) is 4.90. The molecule has 1 aromatic heterocycles. The Hall–Kier alpha value is -2.49. The molecule has 2 N–H and O–H groups in total. The third kappa shape index (κ3) is 3.02. The molecule has 1 atom stereocenters. The molecule has 4 rings (SSSR count). The summed E-state index contributed by atoms with van der Waals surface area (Å²) in [5.74, 6) is 0. The van der Waals surface area contributed by atoms with Crippen LogP contribution in [-0.2, 0) is 0 Å². The number of rotatable bonds is 3. The highest BCUT2D eigenvalue weighted by Gasteiger charge is 2.20. The van der Waals surface area contributed by atoms with E-state index in [4.69, 9.17) is 0 Å². The normalized spacial score (nSPS) is 18.3. The van der Waals surface area contributed by atoms with Crippen LogP contribution in [0.1, 0.15) is 18.4 Å². The predicted octanol–water partition coefficient (Wildman–Crippen LogP) is 3.95. The minimum Gasteiger partial charge on any atom is -0.381 e. The van der Waals surface area contributed by atoms with Crippen LogP contribution in [0.4, 0.5) is 11.4 Å². The fourth-order valence-corrected chi connectivity index (χ4v) is 3.35. The van der Waals surface area contributed by atoms with Crippen LogP contribution in [0.15, 0.2) is 48.7 Å². The summed E-state index contributed by atoms with van der Waals surface area (Å²) in [6.45, 7) is 4.32. The summed E-state index contributed by atoms with van der Waals surface area (Å²) in [7, 11) is 0. The third-order valence-corrected chi connectivity index (χ3v) is 4.63. The lowest BCUT2D eigenvalue weighted by molar-refractivity contribution is 0.530. The first-order valence-corrected chi connectivity index (χ1v) is 8.29. The van der Waals surface area contributed by atoms with E-state index < -0.39 is 0 Å². The lowest BCUT2D eigenvalue weighted by atomic mass is 10.0. The maximum absolute atomic E-state index is 4.09. The van der Waals surface area contributed by atoms with Gasteiger partial charge < -0.3 is 10.2 Å². The minimum absolute atomic E-state index is 0.481. The summed E-state index contributed by atoms with van der Waals surface area (Å²) < 4.78 is 0. The molecule has 4 heteroatoms. The average Bonchev–Trinajstić information content (AvgIpc) is 3.03. The number of aromatic nitrogens is 2. The quantitative estimate of drug-likeness (QED) is 0.770. The van der Waals surface area contributed by atoms with Crippen molar-refractivity contribution in [2.75, 3.05) is 23.3 Å². The molecule has 2 heterocycles. The highest BCUT2D eigenvalue weighted by atomic mass is 15.2. The Morgan fingerprint density at radius 2 is 2.04 bits per heavy atom. The first kappa shape index (κ1) is 14.1. The first-order chi connectivity index (χ1) is 11.3. The Morgan fingerprint density at radius 1 is 1.17 bits per heavy atom. The topological polar surface area (TPSA) is 44.0 Å². The number of nitrogens with one attached hydrogen (secondary N) is 2. The van der Waals surface area contributed by atoms with Crippen LogP contribution >= 0.6 is 0 Å². The van der Waals surface area contributed by atoms with E-state index in [2.05, 4.69) is 69.8 Å². The monoisotopic (exact) mass is 306 g/mol. The second kappa shape index (κ2) is 5.95. The number of H-pyrrole nitrogens is 1. The summed E-state index contributed by atoms with van der Waals surface area (Å²) in [6, 6.07) is 15.7. The van der Waals surface area contributed by atoms with Crippen molar-refractivity contribution in [3.05, 3.63) is 54.2 Å². The van der Waals surface area contributed by atoms with Crippen molar-refractivity contribution in [1.29, 1.82) is 0 Å². The maximum atomic E-state index is 4.09. The first-order valence-electron chi connectivity index (χ1n) is 8.29. The molecule has 1 unspecified atom stereocenters. The largest absolute Gasteiger partial charge is 0.381 e. The van der Waals surface area contributed by atoms with Gasteiger partial charge in [-0.25, -0.2) is 0 Å². The Morgan fingerprint density at radius 3 is 2.91 bits per heavy atom. The van der Waals surface area contributed by atoms with Gasteiger partial charge in [-0.3, -0.25) is 5.10 Å². The van der Waals surface area contributed by atoms with Gasteiger partial charge in [-0.05, 0) is 50.1 Å². The highest BCUT2D eigenvalue weighted by molar-refractivity contribution is 5.81. The van der Waals surface area contributed by atoms with Crippen molar-refractivity contribution in [3.63, 3.8) is 0 Å². The molecule has 0 amide bonds. The number of hydrogen-bond donors (Lipinski definition) is 2. The van der Waals surface area contributed by atoms with E-state index in [1.165, 1.54) is 29.8 Å². The molecule has 1 aliphatic heterocycles. The maximum Gasteiger partial charge on any atom is 0.0651 e. The van der Waals surface area contributed by atoms with Gasteiger partial charge >= 0.3 is 0 Å². The predicted molar refractivity (Wildman–Crippen MR) is 96.1 cm³/mol. The Kier molecular flexibility index (Phi) is 3.66. The van der Waals surface area contributed by atoms with Crippen LogP contribution in [0.2, 0.25) is 0 Å². The van der Waals surface area contributed by atoms with Crippen LogP contribution in [0.5, 0.6) is 0 Å². The zero-order valence-corrected chi connectivity index (χ0v) is 13.4. The van der Waals surface area contributed by atoms with Crippen molar-refractivity contribution in [3.8, 4) is 0 Å². The average molecular weight is 306 g/mol. The molecule has 3 aromatic rings. The van der Waals surface area contributed by atoms with Gasteiger partial charge in [0.2, 0.25) is 0 Å². The van der Waals surface area contributed by atoms with E-state index >= 15 is 0 Å². The van der Waals surface area contributed by atoms with Crippen LogP contribution in [0.3, 0.4) is 0 Å². The molecule has 0 saturated carbocycles. The van der Waals surface area contributed by atoms with Gasteiger partial charge in [-0.15, -0.1) is 0 Å². The summed E-state index contributed by atoms with van der Waals surface area (Å²) in [4.78, 5) is 2.48. The van der Waals surface area contributed by atoms with Gasteiger partial charge in [-0.2, -0.15) is 5.10 Å². The number of benzene rings is 2. The molecule has 0 radical (unpaired) electrons. The highest BCUT2D eigenvalue weighted by Crippen LogP contribution is 2.23. The molecule has 23 heavy (non-hydrogen) atoms. The van der Waals surface area contributed by atoms with E-state index in [1.54, 1.807) is 0 Å². The Labute approximate surface area is 136 Å². The fourth-order valence-electron chi connectivity index (χ4n) is 3.35. The van der Waals surface area contributed by atoms with Gasteiger partial charge in [0.15, 0.2) is 0 Å². The van der Waals surface area contributed by atoms with Crippen molar-refractivity contribution < 1.29 is 0 Å².